The van der Waals surface area contributed by atoms with Crippen LogP contribution in [0.2, 0.25) is 0 Å². The van der Waals surface area contributed by atoms with Gasteiger partial charge < -0.3 is 4.55 Å². The van der Waals surface area contributed by atoms with E-state index in [1.165, 1.54) is 0 Å². The molecule has 0 saturated carbocycles. The molecule has 0 bridgehead atoms. The van der Waals surface area contributed by atoms with E-state index < -0.39 is 18.0 Å². The molecule has 7 heteroatoms. The summed E-state index contributed by atoms with van der Waals surface area (Å²) in [6.07, 6.45) is 0. The van der Waals surface area contributed by atoms with Crippen LogP contribution in [0.3, 0.4) is 0 Å². The Labute approximate surface area is 69.2 Å². The number of hydrogen-bond donors (Lipinski definition) is 0. The first kappa shape index (κ1) is 11.7. The molecule has 0 aromatic carbocycles. The first-order valence-corrected chi connectivity index (χ1v) is 2.17. The molecular formula is CHF2NaO3S. The first-order chi connectivity index (χ1) is 3.13. The summed E-state index contributed by atoms with van der Waals surface area (Å²) in [4.78, 5) is 0. The van der Waals surface area contributed by atoms with Gasteiger partial charge in [0.05, 0.1) is 11.4 Å². The van der Waals surface area contributed by atoms with Gasteiger partial charge >= 0.3 is 36.2 Å². The molecule has 0 aliphatic heterocycles. The van der Waals surface area contributed by atoms with Crippen LogP contribution in [0.5, 0.6) is 0 Å². The maximum absolute atomic E-state index is 10.7. The molecule has 0 amide bonds. The van der Waals surface area contributed by atoms with Gasteiger partial charge in [0.25, 0.3) is 0 Å². The van der Waals surface area contributed by atoms with Crippen molar-refractivity contribution in [2.75, 3.05) is 0 Å². The van der Waals surface area contributed by atoms with Crippen LogP contribution in [0, 0.1) is 0 Å². The SMILES string of the molecule is O=S([O-])OC(F)F.[Na+]. The van der Waals surface area contributed by atoms with Crippen LogP contribution in [0.15, 0.2) is 0 Å². The van der Waals surface area contributed by atoms with Crippen molar-refractivity contribution < 1.29 is 51.3 Å². The third-order valence-corrected chi connectivity index (χ3v) is 0.454. The summed E-state index contributed by atoms with van der Waals surface area (Å²) < 4.78 is 42.4. The molecule has 0 radical (unpaired) electrons. The number of hydrogen-bond acceptors (Lipinski definition) is 3. The zero-order chi connectivity index (χ0) is 5.86. The molecule has 1 unspecified atom stereocenters. The molecule has 0 fully saturated rings. The minimum absolute atomic E-state index is 0. The summed E-state index contributed by atoms with van der Waals surface area (Å²) in [5.74, 6) is 0. The molecular weight excluding hydrogens is 153 g/mol. The second-order valence-electron chi connectivity index (χ2n) is 0.561. The standard InChI is InChI=1S/CH2F2O3S.Na/c2-1(3)6-7(4)5;/h1H,(H,4,5);/q;+1/p-1. The third kappa shape index (κ3) is 10.0. The number of halogens is 2. The average molecular weight is 154 g/mol. The minimum atomic E-state index is -3.24. The largest absolute Gasteiger partial charge is 1.00 e. The monoisotopic (exact) mass is 154 g/mol. The molecule has 0 spiro atoms. The van der Waals surface area contributed by atoms with Gasteiger partial charge in [0.2, 0.25) is 0 Å². The van der Waals surface area contributed by atoms with Crippen molar-refractivity contribution in [1.82, 2.24) is 0 Å². The maximum Gasteiger partial charge on any atom is 1.00 e. The summed E-state index contributed by atoms with van der Waals surface area (Å²) in [7, 11) is 0. The Bertz CT molecular complexity index is 77.7. The molecule has 0 rings (SSSR count). The average Bonchev–Trinajstić information content (AvgIpc) is 1.27. The molecule has 0 saturated heterocycles. The molecule has 0 heterocycles. The van der Waals surface area contributed by atoms with Crippen LogP contribution in [0.25, 0.3) is 0 Å². The van der Waals surface area contributed by atoms with Gasteiger partial charge in [0.15, 0.2) is 0 Å². The van der Waals surface area contributed by atoms with Crippen LogP contribution in [-0.4, -0.2) is 15.4 Å². The Morgan fingerprint density at radius 3 is 2.00 bits per heavy atom. The van der Waals surface area contributed by atoms with E-state index >= 15 is 0 Å². The van der Waals surface area contributed by atoms with Crippen LogP contribution < -0.4 is 29.6 Å². The predicted molar refractivity (Wildman–Crippen MR) is 16.0 cm³/mol. The van der Waals surface area contributed by atoms with E-state index in [2.05, 4.69) is 4.18 Å². The van der Waals surface area contributed by atoms with Crippen molar-refractivity contribution in [3.63, 3.8) is 0 Å². The quantitative estimate of drug-likeness (QED) is 0.315. The van der Waals surface area contributed by atoms with Gasteiger partial charge in [-0.15, -0.1) is 0 Å². The van der Waals surface area contributed by atoms with Crippen molar-refractivity contribution in [3.05, 3.63) is 0 Å². The van der Waals surface area contributed by atoms with Crippen molar-refractivity contribution in [1.29, 1.82) is 0 Å². The van der Waals surface area contributed by atoms with E-state index in [9.17, 15) is 8.78 Å². The zero-order valence-electron chi connectivity index (χ0n) is 3.97. The normalized spacial score (nSPS) is 13.0. The number of rotatable bonds is 2. The van der Waals surface area contributed by atoms with E-state index in [1.54, 1.807) is 0 Å². The molecule has 0 aromatic heterocycles. The molecule has 44 valence electrons. The Balaban J connectivity index is 0. The fraction of sp³-hybridized carbons (Fsp3) is 1.00. The van der Waals surface area contributed by atoms with Crippen molar-refractivity contribution in [2.45, 2.75) is 6.61 Å². The number of alkyl halides is 2. The maximum atomic E-state index is 10.7. The third-order valence-electron chi connectivity index (χ3n) is 0.151. The van der Waals surface area contributed by atoms with E-state index in [4.69, 9.17) is 8.76 Å². The summed E-state index contributed by atoms with van der Waals surface area (Å²) in [5.41, 5.74) is 0. The van der Waals surface area contributed by atoms with Gasteiger partial charge in [0.1, 0.15) is 0 Å². The van der Waals surface area contributed by atoms with Gasteiger partial charge in [-0.05, 0) is 0 Å². The first-order valence-electron chi connectivity index (χ1n) is 1.17. The van der Waals surface area contributed by atoms with Crippen LogP contribution in [0.1, 0.15) is 0 Å². The molecule has 8 heavy (non-hydrogen) atoms. The summed E-state index contributed by atoms with van der Waals surface area (Å²) in [6.45, 7) is -3.24. The van der Waals surface area contributed by atoms with Crippen molar-refractivity contribution >= 4 is 11.4 Å². The summed E-state index contributed by atoms with van der Waals surface area (Å²) in [5, 5.41) is 0. The van der Waals surface area contributed by atoms with Crippen LogP contribution in [-0.2, 0) is 15.5 Å². The van der Waals surface area contributed by atoms with E-state index in [-0.39, 0.29) is 29.6 Å². The second-order valence-corrected chi connectivity index (χ2v) is 1.16. The van der Waals surface area contributed by atoms with Gasteiger partial charge in [-0.3, -0.25) is 0 Å². The fourth-order valence-electron chi connectivity index (χ4n) is 0.0594. The van der Waals surface area contributed by atoms with Crippen molar-refractivity contribution in [3.8, 4) is 0 Å². The molecule has 0 aliphatic carbocycles. The Morgan fingerprint density at radius 2 is 2.00 bits per heavy atom. The van der Waals surface area contributed by atoms with Gasteiger partial charge in [-0.2, -0.15) is 8.78 Å². The molecule has 0 aliphatic rings. The fourth-order valence-corrected chi connectivity index (χ4v) is 0.178. The topological polar surface area (TPSA) is 49.4 Å². The molecule has 0 N–H and O–H groups in total. The Morgan fingerprint density at radius 1 is 1.62 bits per heavy atom. The van der Waals surface area contributed by atoms with E-state index in [0.29, 0.717) is 0 Å². The van der Waals surface area contributed by atoms with E-state index in [1.807, 2.05) is 0 Å². The van der Waals surface area contributed by atoms with Crippen LogP contribution in [0.4, 0.5) is 8.78 Å². The predicted octanol–water partition coefficient (Wildman–Crippen LogP) is -2.98. The molecule has 3 nitrogen and oxygen atoms in total. The van der Waals surface area contributed by atoms with E-state index in [0.717, 1.165) is 0 Å². The summed E-state index contributed by atoms with van der Waals surface area (Å²) in [6, 6.07) is 0. The minimum Gasteiger partial charge on any atom is -0.750 e. The smallest absolute Gasteiger partial charge is 0.750 e. The van der Waals surface area contributed by atoms with Crippen LogP contribution >= 0.6 is 0 Å². The van der Waals surface area contributed by atoms with Gasteiger partial charge in [-0.1, -0.05) is 0 Å². The summed E-state index contributed by atoms with van der Waals surface area (Å²) >= 11 is -3.10. The Kier molecular flexibility index (Phi) is 8.85. The van der Waals surface area contributed by atoms with Crippen molar-refractivity contribution in [2.24, 2.45) is 0 Å². The zero-order valence-corrected chi connectivity index (χ0v) is 6.78. The molecule has 1 atom stereocenters. The van der Waals surface area contributed by atoms with Gasteiger partial charge in [0, 0.05) is 0 Å². The molecule has 0 aromatic rings. The Hall–Kier alpha value is 0.930. The second kappa shape index (κ2) is 6.06. The van der Waals surface area contributed by atoms with Gasteiger partial charge in [-0.25, -0.2) is 8.39 Å².